The highest BCUT2D eigenvalue weighted by molar-refractivity contribution is 5.96. The van der Waals surface area contributed by atoms with Crippen LogP contribution in [0.1, 0.15) is 0 Å². The summed E-state index contributed by atoms with van der Waals surface area (Å²) in [5.41, 5.74) is 0.887. The lowest BCUT2D eigenvalue weighted by molar-refractivity contribution is 0.174. The van der Waals surface area contributed by atoms with Gasteiger partial charge in [-0.1, -0.05) is 6.07 Å². The number of hydrogen-bond acceptors (Lipinski definition) is 5. The van der Waals surface area contributed by atoms with Crippen LogP contribution in [0, 0.1) is 0 Å². The lowest BCUT2D eigenvalue weighted by atomic mass is 10.3. The maximum absolute atomic E-state index is 5.37. The molecule has 0 unspecified atom stereocenters. The maximum Gasteiger partial charge on any atom is 0.231 e. The fourth-order valence-electron chi connectivity index (χ4n) is 1.64. The van der Waals surface area contributed by atoms with Crippen molar-refractivity contribution in [2.24, 2.45) is 4.99 Å². The van der Waals surface area contributed by atoms with Crippen LogP contribution in [0.25, 0.3) is 0 Å². The number of guanidine groups is 1. The zero-order valence-corrected chi connectivity index (χ0v) is 8.12. The Hall–Kier alpha value is -1.91. The first kappa shape index (κ1) is 8.40. The van der Waals surface area contributed by atoms with Crippen molar-refractivity contribution >= 4 is 11.6 Å². The van der Waals surface area contributed by atoms with Crippen LogP contribution in [0.4, 0.5) is 5.69 Å². The molecule has 0 amide bonds. The molecule has 1 aromatic carbocycles. The van der Waals surface area contributed by atoms with Gasteiger partial charge in [-0.05, 0) is 12.1 Å². The van der Waals surface area contributed by atoms with Gasteiger partial charge in [0.2, 0.25) is 6.79 Å². The highest BCUT2D eigenvalue weighted by Crippen LogP contribution is 2.38. The average Bonchev–Trinajstić information content (AvgIpc) is 2.87. The summed E-state index contributed by atoms with van der Waals surface area (Å²) in [6.07, 6.45) is 0. The second-order valence-electron chi connectivity index (χ2n) is 3.32. The van der Waals surface area contributed by atoms with Gasteiger partial charge in [-0.15, -0.1) is 0 Å². The number of para-hydroxylation sites is 1. The van der Waals surface area contributed by atoms with Gasteiger partial charge in [-0.3, -0.25) is 4.99 Å². The molecule has 0 saturated carbocycles. The molecule has 0 radical (unpaired) electrons. The monoisotopic (exact) mass is 205 g/mol. The molecule has 5 heteroatoms. The van der Waals surface area contributed by atoms with Crippen molar-refractivity contribution in [3.05, 3.63) is 18.2 Å². The van der Waals surface area contributed by atoms with Gasteiger partial charge < -0.3 is 20.1 Å². The molecule has 2 aliphatic heterocycles. The minimum Gasteiger partial charge on any atom is -0.454 e. The van der Waals surface area contributed by atoms with Gasteiger partial charge in [-0.25, -0.2) is 0 Å². The van der Waals surface area contributed by atoms with E-state index < -0.39 is 0 Å². The van der Waals surface area contributed by atoms with Gasteiger partial charge >= 0.3 is 0 Å². The zero-order valence-electron chi connectivity index (χ0n) is 8.12. The van der Waals surface area contributed by atoms with E-state index in [1.54, 1.807) is 0 Å². The van der Waals surface area contributed by atoms with E-state index in [0.717, 1.165) is 36.2 Å². The van der Waals surface area contributed by atoms with Crippen molar-refractivity contribution in [3.8, 4) is 11.5 Å². The number of nitrogens with zero attached hydrogens (tertiary/aromatic N) is 1. The number of rotatable bonds is 1. The molecule has 0 fully saturated rings. The van der Waals surface area contributed by atoms with Crippen LogP contribution in [0.3, 0.4) is 0 Å². The van der Waals surface area contributed by atoms with E-state index in [9.17, 15) is 0 Å². The third-order valence-corrected chi connectivity index (χ3v) is 2.32. The summed E-state index contributed by atoms with van der Waals surface area (Å²) in [4.78, 5) is 4.25. The van der Waals surface area contributed by atoms with Gasteiger partial charge in [0, 0.05) is 6.54 Å². The molecule has 15 heavy (non-hydrogen) atoms. The lowest BCUT2D eigenvalue weighted by Crippen LogP contribution is -2.26. The summed E-state index contributed by atoms with van der Waals surface area (Å²) in [6, 6.07) is 5.75. The third-order valence-electron chi connectivity index (χ3n) is 2.32. The molecule has 2 N–H and O–H groups in total. The summed E-state index contributed by atoms with van der Waals surface area (Å²) in [5, 5.41) is 6.31. The molecule has 0 bridgehead atoms. The Morgan fingerprint density at radius 1 is 1.33 bits per heavy atom. The molecule has 5 nitrogen and oxygen atoms in total. The molecule has 1 aromatic rings. The largest absolute Gasteiger partial charge is 0.454 e. The Bertz CT molecular complexity index is 417. The van der Waals surface area contributed by atoms with Crippen LogP contribution in [0.5, 0.6) is 11.5 Å². The molecule has 2 aliphatic rings. The molecule has 2 heterocycles. The smallest absolute Gasteiger partial charge is 0.231 e. The number of nitrogens with one attached hydrogen (secondary N) is 2. The Labute approximate surface area is 87.1 Å². The predicted molar refractivity (Wildman–Crippen MR) is 56.5 cm³/mol. The second kappa shape index (κ2) is 3.34. The van der Waals surface area contributed by atoms with E-state index in [1.165, 1.54) is 0 Å². The van der Waals surface area contributed by atoms with Crippen LogP contribution in [0.15, 0.2) is 23.2 Å². The molecule has 0 aromatic heterocycles. The molecule has 0 aliphatic carbocycles. The van der Waals surface area contributed by atoms with E-state index in [1.807, 2.05) is 18.2 Å². The van der Waals surface area contributed by atoms with E-state index >= 15 is 0 Å². The van der Waals surface area contributed by atoms with Crippen molar-refractivity contribution in [1.29, 1.82) is 0 Å². The van der Waals surface area contributed by atoms with Crippen molar-refractivity contribution in [2.45, 2.75) is 0 Å². The van der Waals surface area contributed by atoms with Gasteiger partial charge in [0.25, 0.3) is 0 Å². The standard InChI is InChI=1S/C10H11N3O2/c1-2-7(13-10-11-4-5-12-10)9-8(3-1)14-6-15-9/h1-3H,4-6H2,(H2,11,12,13). The minimum atomic E-state index is 0.286. The van der Waals surface area contributed by atoms with E-state index in [4.69, 9.17) is 9.47 Å². The highest BCUT2D eigenvalue weighted by atomic mass is 16.7. The zero-order chi connectivity index (χ0) is 10.1. The molecular weight excluding hydrogens is 194 g/mol. The summed E-state index contributed by atoms with van der Waals surface area (Å²) in [5.74, 6) is 2.33. The molecule has 0 atom stereocenters. The number of anilines is 1. The van der Waals surface area contributed by atoms with Gasteiger partial charge in [-0.2, -0.15) is 0 Å². The molecule has 78 valence electrons. The fourth-order valence-corrected chi connectivity index (χ4v) is 1.64. The van der Waals surface area contributed by atoms with E-state index in [2.05, 4.69) is 15.6 Å². The van der Waals surface area contributed by atoms with Crippen LogP contribution >= 0.6 is 0 Å². The quantitative estimate of drug-likeness (QED) is 0.711. The van der Waals surface area contributed by atoms with E-state index in [-0.39, 0.29) is 6.79 Å². The Balaban J connectivity index is 1.88. The summed E-state index contributed by atoms with van der Waals surface area (Å²) < 4.78 is 10.7. The Morgan fingerprint density at radius 3 is 3.20 bits per heavy atom. The molecule has 0 spiro atoms. The van der Waals surface area contributed by atoms with E-state index in [0.29, 0.717) is 0 Å². The van der Waals surface area contributed by atoms with Crippen molar-refractivity contribution < 1.29 is 9.47 Å². The fraction of sp³-hybridized carbons (Fsp3) is 0.300. The first-order valence-electron chi connectivity index (χ1n) is 4.87. The Morgan fingerprint density at radius 2 is 2.33 bits per heavy atom. The maximum atomic E-state index is 5.37. The Kier molecular flexibility index (Phi) is 1.87. The van der Waals surface area contributed by atoms with Crippen LogP contribution < -0.4 is 20.1 Å². The second-order valence-corrected chi connectivity index (χ2v) is 3.32. The number of hydrogen-bond donors (Lipinski definition) is 2. The topological polar surface area (TPSA) is 54.9 Å². The third kappa shape index (κ3) is 1.45. The number of ether oxygens (including phenoxy) is 2. The number of fused-ring (bicyclic) bond motifs is 1. The average molecular weight is 205 g/mol. The summed E-state index contributed by atoms with van der Waals surface area (Å²) in [6.45, 7) is 1.98. The van der Waals surface area contributed by atoms with Crippen molar-refractivity contribution in [3.63, 3.8) is 0 Å². The predicted octanol–water partition coefficient (Wildman–Crippen LogP) is 0.786. The van der Waals surface area contributed by atoms with Crippen LogP contribution in [0.2, 0.25) is 0 Å². The van der Waals surface area contributed by atoms with Gasteiger partial charge in [0.15, 0.2) is 17.5 Å². The summed E-state index contributed by atoms with van der Waals surface area (Å²) in [7, 11) is 0. The first-order chi connectivity index (χ1) is 7.43. The minimum absolute atomic E-state index is 0.286. The van der Waals surface area contributed by atoms with Gasteiger partial charge in [0.05, 0.1) is 12.2 Å². The lowest BCUT2D eigenvalue weighted by Gasteiger charge is -2.08. The normalized spacial score (nSPS) is 17.2. The highest BCUT2D eigenvalue weighted by Gasteiger charge is 2.18. The SMILES string of the molecule is c1cc(NC2=NCCN2)c2c(c1)OCO2. The molecule has 3 rings (SSSR count). The van der Waals surface area contributed by atoms with Gasteiger partial charge in [0.1, 0.15) is 0 Å². The van der Waals surface area contributed by atoms with Crippen LogP contribution in [-0.2, 0) is 0 Å². The first-order valence-corrected chi connectivity index (χ1v) is 4.87. The van der Waals surface area contributed by atoms with Crippen LogP contribution in [-0.4, -0.2) is 25.8 Å². The summed E-state index contributed by atoms with van der Waals surface area (Å²) >= 11 is 0. The molecular formula is C10H11N3O2. The van der Waals surface area contributed by atoms with Crippen molar-refractivity contribution in [2.75, 3.05) is 25.2 Å². The molecule has 0 saturated heterocycles. The van der Waals surface area contributed by atoms with Crippen molar-refractivity contribution in [1.82, 2.24) is 5.32 Å². The number of benzene rings is 1. The number of aliphatic imine (C=N–C) groups is 1.